The molecule has 2 N–H and O–H groups in total. The van der Waals surface area contributed by atoms with Gasteiger partial charge in [0.1, 0.15) is 5.82 Å². The van der Waals surface area contributed by atoms with E-state index in [0.717, 1.165) is 49.9 Å². The normalized spacial score (nSPS) is 15.6. The van der Waals surface area contributed by atoms with E-state index in [-0.39, 0.29) is 5.82 Å². The van der Waals surface area contributed by atoms with Crippen molar-refractivity contribution in [3.63, 3.8) is 0 Å². The maximum atomic E-state index is 13.0. The van der Waals surface area contributed by atoms with Crippen molar-refractivity contribution in [2.45, 2.75) is 32.6 Å². The first kappa shape index (κ1) is 20.3. The number of nitrogens with one attached hydrogen (secondary N) is 2. The summed E-state index contributed by atoms with van der Waals surface area (Å²) in [6.07, 6.45) is 6.69. The Hall–Kier alpha value is -2.41. The number of nitrogens with zero attached hydrogens (tertiary/aromatic N) is 4. The number of likely N-dealkylation sites (tertiary alicyclic amines) is 1. The summed E-state index contributed by atoms with van der Waals surface area (Å²) in [6.45, 7) is 7.93. The first-order valence-electron chi connectivity index (χ1n) is 10.3. The fourth-order valence-electron chi connectivity index (χ4n) is 3.37. The zero-order valence-corrected chi connectivity index (χ0v) is 16.7. The predicted molar refractivity (Wildman–Crippen MR) is 111 cm³/mol. The molecule has 2 aromatic rings. The van der Waals surface area contributed by atoms with Crippen molar-refractivity contribution in [3.05, 3.63) is 48.0 Å². The highest BCUT2D eigenvalue weighted by Gasteiger charge is 2.09. The number of aliphatic imine (C=N–C) groups is 1. The van der Waals surface area contributed by atoms with Gasteiger partial charge in [0, 0.05) is 32.3 Å². The summed E-state index contributed by atoms with van der Waals surface area (Å²) < 4.78 is 14.8. The molecule has 0 saturated carbocycles. The predicted octanol–water partition coefficient (Wildman–Crippen LogP) is 2.59. The van der Waals surface area contributed by atoms with Crippen LogP contribution in [0.2, 0.25) is 0 Å². The third-order valence-electron chi connectivity index (χ3n) is 4.89. The zero-order valence-electron chi connectivity index (χ0n) is 16.7. The van der Waals surface area contributed by atoms with E-state index in [1.807, 2.05) is 12.3 Å². The van der Waals surface area contributed by atoms with Gasteiger partial charge < -0.3 is 15.5 Å². The van der Waals surface area contributed by atoms with Crippen LogP contribution in [0.3, 0.4) is 0 Å². The number of hydrogen-bond donors (Lipinski definition) is 2. The van der Waals surface area contributed by atoms with Gasteiger partial charge >= 0.3 is 0 Å². The first-order chi connectivity index (χ1) is 13.7. The second-order valence-electron chi connectivity index (χ2n) is 7.07. The monoisotopic (exact) mass is 386 g/mol. The van der Waals surface area contributed by atoms with Crippen LogP contribution in [0.5, 0.6) is 0 Å². The molecule has 0 amide bonds. The molecule has 2 heterocycles. The molecule has 28 heavy (non-hydrogen) atoms. The average Bonchev–Trinajstić information content (AvgIpc) is 3.18. The maximum absolute atomic E-state index is 13.0. The van der Waals surface area contributed by atoms with Crippen LogP contribution in [0, 0.1) is 5.82 Å². The topological polar surface area (TPSA) is 57.5 Å². The molecule has 0 bridgehead atoms. The quantitative estimate of drug-likeness (QED) is 0.541. The summed E-state index contributed by atoms with van der Waals surface area (Å²) >= 11 is 0. The number of benzene rings is 1. The molecule has 1 aromatic heterocycles. The van der Waals surface area contributed by atoms with Crippen LogP contribution >= 0.6 is 0 Å². The minimum Gasteiger partial charge on any atom is -0.357 e. The fourth-order valence-corrected chi connectivity index (χ4v) is 3.37. The van der Waals surface area contributed by atoms with Crippen molar-refractivity contribution in [2.24, 2.45) is 4.99 Å². The summed E-state index contributed by atoms with van der Waals surface area (Å²) in [5, 5.41) is 11.3. The Balaban J connectivity index is 1.44. The molecule has 0 aliphatic carbocycles. The van der Waals surface area contributed by atoms with E-state index in [2.05, 4.69) is 27.6 Å². The Morgan fingerprint density at radius 2 is 1.89 bits per heavy atom. The van der Waals surface area contributed by atoms with E-state index in [1.54, 1.807) is 16.8 Å². The van der Waals surface area contributed by atoms with Gasteiger partial charge in [-0.2, -0.15) is 5.10 Å². The number of aromatic nitrogens is 2. The van der Waals surface area contributed by atoms with Crippen molar-refractivity contribution < 1.29 is 4.39 Å². The van der Waals surface area contributed by atoms with Crippen LogP contribution < -0.4 is 10.6 Å². The molecule has 0 atom stereocenters. The van der Waals surface area contributed by atoms with Crippen LogP contribution in [-0.4, -0.2) is 59.9 Å². The lowest BCUT2D eigenvalue weighted by Crippen LogP contribution is -2.39. The lowest BCUT2D eigenvalue weighted by atomic mass is 10.1. The average molecular weight is 387 g/mol. The minimum absolute atomic E-state index is 0.240. The first-order valence-corrected chi connectivity index (χ1v) is 10.3. The van der Waals surface area contributed by atoms with Gasteiger partial charge in [0.25, 0.3) is 0 Å². The van der Waals surface area contributed by atoms with Crippen molar-refractivity contribution >= 4 is 5.96 Å². The van der Waals surface area contributed by atoms with Crippen LogP contribution in [0.25, 0.3) is 5.69 Å². The highest BCUT2D eigenvalue weighted by Crippen LogP contribution is 2.09. The molecule has 7 heteroatoms. The molecule has 1 aliphatic heterocycles. The van der Waals surface area contributed by atoms with E-state index in [9.17, 15) is 4.39 Å². The van der Waals surface area contributed by atoms with E-state index < -0.39 is 0 Å². The van der Waals surface area contributed by atoms with Gasteiger partial charge in [0.2, 0.25) is 0 Å². The molecular formula is C21H31FN6. The van der Waals surface area contributed by atoms with Crippen molar-refractivity contribution in [3.8, 4) is 5.69 Å². The molecule has 1 fully saturated rings. The summed E-state index contributed by atoms with van der Waals surface area (Å²) in [7, 11) is 0. The molecule has 1 saturated heterocycles. The van der Waals surface area contributed by atoms with Crippen LogP contribution in [0.1, 0.15) is 31.9 Å². The highest BCUT2D eigenvalue weighted by molar-refractivity contribution is 5.79. The molecule has 6 nitrogen and oxygen atoms in total. The third kappa shape index (κ3) is 6.34. The number of halogens is 1. The van der Waals surface area contributed by atoms with E-state index in [4.69, 9.17) is 4.99 Å². The van der Waals surface area contributed by atoms with Crippen LogP contribution in [0.4, 0.5) is 4.39 Å². The van der Waals surface area contributed by atoms with Crippen molar-refractivity contribution in [1.82, 2.24) is 25.3 Å². The third-order valence-corrected chi connectivity index (χ3v) is 4.89. The number of hydrogen-bond acceptors (Lipinski definition) is 3. The van der Waals surface area contributed by atoms with Gasteiger partial charge in [0.05, 0.1) is 17.9 Å². The summed E-state index contributed by atoms with van der Waals surface area (Å²) in [6, 6.07) is 8.33. The number of piperidine rings is 1. The van der Waals surface area contributed by atoms with Gasteiger partial charge in [-0.25, -0.2) is 9.07 Å². The molecule has 1 aliphatic rings. The Bertz CT molecular complexity index is 734. The number of guanidine groups is 1. The van der Waals surface area contributed by atoms with Gasteiger partial charge in [0.15, 0.2) is 5.96 Å². The van der Waals surface area contributed by atoms with E-state index in [1.165, 1.54) is 44.5 Å². The molecule has 0 radical (unpaired) electrons. The summed E-state index contributed by atoms with van der Waals surface area (Å²) in [5.41, 5.74) is 1.84. The van der Waals surface area contributed by atoms with Crippen molar-refractivity contribution in [1.29, 1.82) is 0 Å². The second-order valence-corrected chi connectivity index (χ2v) is 7.07. The Kier molecular flexibility index (Phi) is 7.84. The van der Waals surface area contributed by atoms with E-state index >= 15 is 0 Å². The highest BCUT2D eigenvalue weighted by atomic mass is 19.1. The zero-order chi connectivity index (χ0) is 19.6. The maximum Gasteiger partial charge on any atom is 0.191 e. The van der Waals surface area contributed by atoms with Crippen LogP contribution in [-0.2, 0) is 6.42 Å². The minimum atomic E-state index is -0.240. The Morgan fingerprint density at radius 3 is 2.64 bits per heavy atom. The van der Waals surface area contributed by atoms with Gasteiger partial charge in [-0.1, -0.05) is 6.42 Å². The van der Waals surface area contributed by atoms with Crippen LogP contribution in [0.15, 0.2) is 41.5 Å². The number of rotatable bonds is 8. The summed E-state index contributed by atoms with van der Waals surface area (Å²) in [5.74, 6) is 0.619. The van der Waals surface area contributed by atoms with Gasteiger partial charge in [-0.3, -0.25) is 4.99 Å². The van der Waals surface area contributed by atoms with E-state index in [0.29, 0.717) is 0 Å². The largest absolute Gasteiger partial charge is 0.357 e. The standard InChI is InChI=1S/C21H31FN6/c1-2-23-21(25-13-17-27-14-4-3-5-15-27)24-12-10-19-11-16-28(26-19)20-8-6-18(22)7-9-20/h6-9,11,16H,2-5,10,12-15,17H2,1H3,(H2,23,24,25). The lowest BCUT2D eigenvalue weighted by Gasteiger charge is -2.25. The summed E-state index contributed by atoms with van der Waals surface area (Å²) in [4.78, 5) is 7.19. The lowest BCUT2D eigenvalue weighted by molar-refractivity contribution is 0.235. The molecule has 1 aromatic carbocycles. The Morgan fingerprint density at radius 1 is 1.11 bits per heavy atom. The smallest absolute Gasteiger partial charge is 0.191 e. The Labute approximate surface area is 166 Å². The van der Waals surface area contributed by atoms with Gasteiger partial charge in [-0.15, -0.1) is 0 Å². The van der Waals surface area contributed by atoms with Crippen molar-refractivity contribution in [2.75, 3.05) is 39.3 Å². The molecule has 152 valence electrons. The second kappa shape index (κ2) is 10.8. The molecular weight excluding hydrogens is 355 g/mol. The molecule has 0 unspecified atom stereocenters. The van der Waals surface area contributed by atoms with Gasteiger partial charge in [-0.05, 0) is 63.2 Å². The molecule has 3 rings (SSSR count). The molecule has 0 spiro atoms. The fraction of sp³-hybridized carbons (Fsp3) is 0.524. The SMILES string of the molecule is CCNC(=NCCN1CCCCC1)NCCc1ccn(-c2ccc(F)cc2)n1.